The summed E-state index contributed by atoms with van der Waals surface area (Å²) in [6.45, 7) is 7.48. The van der Waals surface area contributed by atoms with Crippen molar-refractivity contribution >= 4 is 17.4 Å². The molecule has 6 heteroatoms. The Morgan fingerprint density at radius 3 is 2.71 bits per heavy atom. The Hall–Kier alpha value is -1.01. The van der Waals surface area contributed by atoms with E-state index in [-0.39, 0.29) is 23.8 Å². The van der Waals surface area contributed by atoms with Crippen molar-refractivity contribution in [3.63, 3.8) is 0 Å². The van der Waals surface area contributed by atoms with Crippen LogP contribution in [-0.4, -0.2) is 45.2 Å². The highest BCUT2D eigenvalue weighted by molar-refractivity contribution is 7.08. The summed E-state index contributed by atoms with van der Waals surface area (Å²) in [6.07, 6.45) is 0. The SMILES string of the molecule is CC(C)(C)c1nnsc1C(=O)N1CC(CO)C1. The first-order valence-corrected chi connectivity index (χ1v) is 6.43. The van der Waals surface area contributed by atoms with Crippen LogP contribution < -0.4 is 0 Å². The maximum Gasteiger partial charge on any atom is 0.267 e. The van der Waals surface area contributed by atoms with E-state index in [1.54, 1.807) is 4.90 Å². The molecule has 1 aliphatic rings. The van der Waals surface area contributed by atoms with E-state index in [0.29, 0.717) is 18.0 Å². The highest BCUT2D eigenvalue weighted by Crippen LogP contribution is 2.28. The number of carbonyl (C=O) groups is 1. The largest absolute Gasteiger partial charge is 0.396 e. The van der Waals surface area contributed by atoms with Crippen LogP contribution in [0.3, 0.4) is 0 Å². The van der Waals surface area contributed by atoms with Crippen LogP contribution in [0.1, 0.15) is 36.1 Å². The normalized spacial score (nSPS) is 17.1. The number of hydrogen-bond acceptors (Lipinski definition) is 5. The van der Waals surface area contributed by atoms with Crippen LogP contribution in [0.15, 0.2) is 0 Å². The summed E-state index contributed by atoms with van der Waals surface area (Å²) in [5.74, 6) is 0.229. The van der Waals surface area contributed by atoms with Crippen molar-refractivity contribution in [3.05, 3.63) is 10.6 Å². The van der Waals surface area contributed by atoms with Gasteiger partial charge in [-0.1, -0.05) is 25.3 Å². The van der Waals surface area contributed by atoms with Gasteiger partial charge in [0.15, 0.2) is 0 Å². The first kappa shape index (κ1) is 12.4. The molecule has 0 aromatic carbocycles. The second-order valence-corrected chi connectivity index (χ2v) is 6.21. The van der Waals surface area contributed by atoms with E-state index in [1.807, 2.05) is 20.8 Å². The van der Waals surface area contributed by atoms with Gasteiger partial charge in [-0.15, -0.1) is 5.10 Å². The molecule has 1 saturated heterocycles. The van der Waals surface area contributed by atoms with Crippen LogP contribution >= 0.6 is 11.5 Å². The van der Waals surface area contributed by atoms with Crippen molar-refractivity contribution in [2.24, 2.45) is 5.92 Å². The second-order valence-electron chi connectivity index (χ2n) is 5.46. The molecule has 0 bridgehead atoms. The van der Waals surface area contributed by atoms with E-state index >= 15 is 0 Å². The van der Waals surface area contributed by atoms with Gasteiger partial charge in [-0.2, -0.15) is 0 Å². The molecule has 5 nitrogen and oxygen atoms in total. The zero-order valence-corrected chi connectivity index (χ0v) is 11.1. The van der Waals surface area contributed by atoms with E-state index in [2.05, 4.69) is 9.59 Å². The minimum Gasteiger partial charge on any atom is -0.396 e. The van der Waals surface area contributed by atoms with Gasteiger partial charge in [-0.05, 0) is 11.5 Å². The number of likely N-dealkylation sites (tertiary alicyclic amines) is 1. The summed E-state index contributed by atoms with van der Waals surface area (Å²) >= 11 is 1.16. The molecule has 0 unspecified atom stereocenters. The standard InChI is InChI=1S/C11H17N3O2S/c1-11(2,3)9-8(17-13-12-9)10(16)14-4-7(5-14)6-15/h7,15H,4-6H2,1-3H3. The van der Waals surface area contributed by atoms with Crippen molar-refractivity contribution in [2.75, 3.05) is 19.7 Å². The Bertz CT molecular complexity index is 419. The molecule has 1 N–H and O–H groups in total. The molecule has 0 atom stereocenters. The Morgan fingerprint density at radius 1 is 1.53 bits per heavy atom. The molecule has 1 fully saturated rings. The van der Waals surface area contributed by atoms with Gasteiger partial charge in [0.2, 0.25) is 0 Å². The zero-order valence-electron chi connectivity index (χ0n) is 10.3. The number of aromatic nitrogens is 2. The van der Waals surface area contributed by atoms with E-state index in [1.165, 1.54) is 0 Å². The quantitative estimate of drug-likeness (QED) is 0.852. The molecule has 0 saturated carbocycles. The first-order valence-electron chi connectivity index (χ1n) is 5.66. The van der Waals surface area contributed by atoms with Gasteiger partial charge in [-0.3, -0.25) is 4.79 Å². The molecule has 1 amide bonds. The average Bonchev–Trinajstić information content (AvgIpc) is 2.63. The van der Waals surface area contributed by atoms with Crippen LogP contribution in [0.25, 0.3) is 0 Å². The molecule has 2 heterocycles. The molecule has 1 aromatic rings. The van der Waals surface area contributed by atoms with E-state index in [4.69, 9.17) is 5.11 Å². The number of carbonyl (C=O) groups excluding carboxylic acids is 1. The zero-order chi connectivity index (χ0) is 12.6. The minimum atomic E-state index is -0.167. The second kappa shape index (κ2) is 4.34. The van der Waals surface area contributed by atoms with Gasteiger partial charge in [0.05, 0.1) is 5.69 Å². The van der Waals surface area contributed by atoms with Crippen molar-refractivity contribution in [3.8, 4) is 0 Å². The third-order valence-electron chi connectivity index (χ3n) is 2.90. The molecular formula is C11H17N3O2S. The predicted octanol–water partition coefficient (Wildman–Crippen LogP) is 0.900. The lowest BCUT2D eigenvalue weighted by atomic mass is 9.90. The first-order chi connectivity index (χ1) is 7.93. The molecule has 1 aromatic heterocycles. The molecule has 0 spiro atoms. The number of hydrogen-bond donors (Lipinski definition) is 1. The summed E-state index contributed by atoms with van der Waals surface area (Å²) in [4.78, 5) is 14.6. The molecular weight excluding hydrogens is 238 g/mol. The Balaban J connectivity index is 2.13. The predicted molar refractivity (Wildman–Crippen MR) is 65.1 cm³/mol. The Kier molecular flexibility index (Phi) is 3.18. The summed E-state index contributed by atoms with van der Waals surface area (Å²) in [5, 5.41) is 13.0. The van der Waals surface area contributed by atoms with Crippen molar-refractivity contribution in [1.82, 2.24) is 14.5 Å². The maximum absolute atomic E-state index is 12.2. The topological polar surface area (TPSA) is 66.3 Å². The van der Waals surface area contributed by atoms with Crippen LogP contribution in [0.4, 0.5) is 0 Å². The number of amides is 1. The van der Waals surface area contributed by atoms with Crippen LogP contribution in [-0.2, 0) is 5.41 Å². The molecule has 2 rings (SSSR count). The van der Waals surface area contributed by atoms with Gasteiger partial charge < -0.3 is 10.0 Å². The summed E-state index contributed by atoms with van der Waals surface area (Å²) in [7, 11) is 0. The number of aliphatic hydroxyl groups excluding tert-OH is 1. The van der Waals surface area contributed by atoms with Crippen LogP contribution in [0.5, 0.6) is 0 Å². The number of rotatable bonds is 2. The minimum absolute atomic E-state index is 0.00498. The van der Waals surface area contributed by atoms with Crippen LogP contribution in [0.2, 0.25) is 0 Å². The summed E-state index contributed by atoms with van der Waals surface area (Å²) < 4.78 is 3.88. The van der Waals surface area contributed by atoms with Crippen molar-refractivity contribution in [1.29, 1.82) is 0 Å². The summed E-state index contributed by atoms with van der Waals surface area (Å²) in [5.41, 5.74) is 0.596. The van der Waals surface area contributed by atoms with Crippen LogP contribution in [0, 0.1) is 5.92 Å². The van der Waals surface area contributed by atoms with E-state index in [0.717, 1.165) is 17.2 Å². The third kappa shape index (κ3) is 2.32. The lowest BCUT2D eigenvalue weighted by Crippen LogP contribution is -2.51. The van der Waals surface area contributed by atoms with E-state index < -0.39 is 0 Å². The Morgan fingerprint density at radius 2 is 2.18 bits per heavy atom. The fourth-order valence-corrected chi connectivity index (χ4v) is 2.66. The van der Waals surface area contributed by atoms with Gasteiger partial charge in [0.25, 0.3) is 5.91 Å². The van der Waals surface area contributed by atoms with Gasteiger partial charge in [-0.25, -0.2) is 0 Å². The fourth-order valence-electron chi connectivity index (χ4n) is 1.82. The van der Waals surface area contributed by atoms with Crippen molar-refractivity contribution < 1.29 is 9.90 Å². The Labute approximate surface area is 105 Å². The number of aliphatic hydroxyl groups is 1. The van der Waals surface area contributed by atoms with Gasteiger partial charge >= 0.3 is 0 Å². The van der Waals surface area contributed by atoms with Gasteiger partial charge in [0.1, 0.15) is 4.88 Å². The highest BCUT2D eigenvalue weighted by atomic mass is 32.1. The lowest BCUT2D eigenvalue weighted by Gasteiger charge is -2.38. The smallest absolute Gasteiger partial charge is 0.267 e. The molecule has 1 aliphatic heterocycles. The average molecular weight is 255 g/mol. The number of nitrogens with zero attached hydrogens (tertiary/aromatic N) is 3. The van der Waals surface area contributed by atoms with Gasteiger partial charge in [0, 0.05) is 31.0 Å². The lowest BCUT2D eigenvalue weighted by molar-refractivity contribution is 0.0364. The third-order valence-corrected chi connectivity index (χ3v) is 3.61. The van der Waals surface area contributed by atoms with Crippen molar-refractivity contribution in [2.45, 2.75) is 26.2 Å². The monoisotopic (exact) mass is 255 g/mol. The molecule has 0 aliphatic carbocycles. The molecule has 0 radical (unpaired) electrons. The summed E-state index contributed by atoms with van der Waals surface area (Å²) in [6, 6.07) is 0. The highest BCUT2D eigenvalue weighted by Gasteiger charge is 2.35. The maximum atomic E-state index is 12.2. The molecule has 17 heavy (non-hydrogen) atoms. The van der Waals surface area contributed by atoms with E-state index in [9.17, 15) is 4.79 Å². The fraction of sp³-hybridized carbons (Fsp3) is 0.727. The molecule has 94 valence electrons.